The maximum Gasteiger partial charge on any atom is 0.0550 e. The Hall–Kier alpha value is -0.120. The van der Waals surface area contributed by atoms with Gasteiger partial charge in [0.1, 0.15) is 0 Å². The lowest BCUT2D eigenvalue weighted by atomic mass is 9.92. The maximum atomic E-state index is 5.15. The van der Waals surface area contributed by atoms with E-state index < -0.39 is 0 Å². The number of ether oxygens (including phenoxy) is 2. The van der Waals surface area contributed by atoms with Crippen molar-refractivity contribution in [1.29, 1.82) is 0 Å². The summed E-state index contributed by atoms with van der Waals surface area (Å²) in [7, 11) is 7.57. The van der Waals surface area contributed by atoms with Gasteiger partial charge in [0.15, 0.2) is 0 Å². The molecule has 0 aromatic heterocycles. The molecular formula is C9H21NO2. The molecule has 0 unspecified atom stereocenters. The summed E-state index contributed by atoms with van der Waals surface area (Å²) in [6.45, 7) is 4.62. The first-order valence-electron chi connectivity index (χ1n) is 4.17. The molecule has 0 radical (unpaired) electrons. The van der Waals surface area contributed by atoms with Crippen LogP contribution in [0.5, 0.6) is 0 Å². The topological polar surface area (TPSA) is 21.7 Å². The zero-order valence-electron chi connectivity index (χ0n) is 8.89. The highest BCUT2D eigenvalue weighted by Gasteiger charge is 2.24. The third-order valence-electron chi connectivity index (χ3n) is 1.68. The molecule has 0 N–H and O–H groups in total. The van der Waals surface area contributed by atoms with Crippen LogP contribution in [0.4, 0.5) is 0 Å². The van der Waals surface area contributed by atoms with Gasteiger partial charge >= 0.3 is 0 Å². The molecule has 0 aromatic carbocycles. The third kappa shape index (κ3) is 4.70. The lowest BCUT2D eigenvalue weighted by molar-refractivity contribution is 0.00702. The summed E-state index contributed by atoms with van der Waals surface area (Å²) in [5.74, 6) is 0. The van der Waals surface area contributed by atoms with Crippen molar-refractivity contribution in [2.24, 2.45) is 5.41 Å². The predicted octanol–water partition coefficient (Wildman–Crippen LogP) is 0.847. The van der Waals surface area contributed by atoms with Crippen molar-refractivity contribution in [3.8, 4) is 0 Å². The van der Waals surface area contributed by atoms with Crippen LogP contribution in [-0.2, 0) is 9.47 Å². The average molecular weight is 175 g/mol. The molecule has 0 rings (SSSR count). The van der Waals surface area contributed by atoms with E-state index in [1.54, 1.807) is 14.2 Å². The molecule has 0 saturated heterocycles. The summed E-state index contributed by atoms with van der Waals surface area (Å²) in [6.07, 6.45) is 0. The molecule has 0 aromatic rings. The van der Waals surface area contributed by atoms with Crippen molar-refractivity contribution >= 4 is 0 Å². The minimum atomic E-state index is 0.104. The molecule has 0 atom stereocenters. The van der Waals surface area contributed by atoms with Gasteiger partial charge < -0.3 is 14.4 Å². The van der Waals surface area contributed by atoms with Crippen LogP contribution in [0, 0.1) is 5.41 Å². The molecule has 0 saturated carbocycles. The Morgan fingerprint density at radius 3 is 1.75 bits per heavy atom. The molecule has 3 heteroatoms. The van der Waals surface area contributed by atoms with E-state index in [0.717, 1.165) is 19.8 Å². The molecule has 12 heavy (non-hydrogen) atoms. The zero-order chi connectivity index (χ0) is 9.61. The minimum Gasteiger partial charge on any atom is -0.384 e. The smallest absolute Gasteiger partial charge is 0.0550 e. The van der Waals surface area contributed by atoms with Gasteiger partial charge in [0.05, 0.1) is 13.2 Å². The zero-order valence-corrected chi connectivity index (χ0v) is 8.89. The van der Waals surface area contributed by atoms with Crippen LogP contribution in [-0.4, -0.2) is 53.0 Å². The Labute approximate surface area is 75.6 Å². The van der Waals surface area contributed by atoms with Gasteiger partial charge in [0.2, 0.25) is 0 Å². The lowest BCUT2D eigenvalue weighted by Crippen LogP contribution is -2.38. The summed E-state index contributed by atoms with van der Waals surface area (Å²) < 4.78 is 10.3. The van der Waals surface area contributed by atoms with E-state index >= 15 is 0 Å². The first-order chi connectivity index (χ1) is 5.54. The Bertz CT molecular complexity index is 109. The quantitative estimate of drug-likeness (QED) is 0.597. The molecule has 0 spiro atoms. The van der Waals surface area contributed by atoms with Crippen LogP contribution in [0.25, 0.3) is 0 Å². The number of nitrogens with zero attached hydrogens (tertiary/aromatic N) is 1. The van der Waals surface area contributed by atoms with E-state index in [4.69, 9.17) is 9.47 Å². The molecule has 0 amide bonds. The molecule has 0 aliphatic carbocycles. The molecular weight excluding hydrogens is 154 g/mol. The minimum absolute atomic E-state index is 0.104. The van der Waals surface area contributed by atoms with Crippen LogP contribution in [0.15, 0.2) is 0 Å². The number of hydrogen-bond donors (Lipinski definition) is 0. The third-order valence-corrected chi connectivity index (χ3v) is 1.68. The van der Waals surface area contributed by atoms with Crippen LogP contribution < -0.4 is 0 Å². The van der Waals surface area contributed by atoms with E-state index in [0.29, 0.717) is 0 Å². The summed E-state index contributed by atoms with van der Waals surface area (Å²) in [5.41, 5.74) is 0.104. The fourth-order valence-corrected chi connectivity index (χ4v) is 1.59. The van der Waals surface area contributed by atoms with E-state index in [1.165, 1.54) is 0 Å². The number of hydrogen-bond acceptors (Lipinski definition) is 3. The number of methoxy groups -OCH3 is 2. The van der Waals surface area contributed by atoms with E-state index in [9.17, 15) is 0 Å². The highest BCUT2D eigenvalue weighted by atomic mass is 16.5. The first-order valence-corrected chi connectivity index (χ1v) is 4.17. The largest absolute Gasteiger partial charge is 0.384 e. The Morgan fingerprint density at radius 2 is 1.50 bits per heavy atom. The fourth-order valence-electron chi connectivity index (χ4n) is 1.59. The second-order valence-corrected chi connectivity index (χ2v) is 3.91. The van der Waals surface area contributed by atoms with Gasteiger partial charge in [0.25, 0.3) is 0 Å². The molecule has 0 heterocycles. The monoisotopic (exact) mass is 175 g/mol. The van der Waals surface area contributed by atoms with Gasteiger partial charge in [0, 0.05) is 26.2 Å². The molecule has 0 fully saturated rings. The second kappa shape index (κ2) is 5.51. The molecule has 3 nitrogen and oxygen atoms in total. The molecule has 0 aliphatic heterocycles. The van der Waals surface area contributed by atoms with E-state index in [2.05, 4.69) is 25.9 Å². The molecule has 0 bridgehead atoms. The SMILES string of the molecule is COCC(C)(COC)CN(C)C. The lowest BCUT2D eigenvalue weighted by Gasteiger charge is -2.30. The normalized spacial score (nSPS) is 12.5. The molecule has 74 valence electrons. The molecule has 0 aliphatic rings. The van der Waals surface area contributed by atoms with Gasteiger partial charge in [-0.15, -0.1) is 0 Å². The predicted molar refractivity (Wildman–Crippen MR) is 50.4 cm³/mol. The van der Waals surface area contributed by atoms with Crippen molar-refractivity contribution in [1.82, 2.24) is 4.90 Å². The Kier molecular flexibility index (Phi) is 5.46. The van der Waals surface area contributed by atoms with Gasteiger partial charge in [-0.1, -0.05) is 6.92 Å². The van der Waals surface area contributed by atoms with Crippen molar-refractivity contribution in [3.05, 3.63) is 0 Å². The van der Waals surface area contributed by atoms with E-state index in [-0.39, 0.29) is 5.41 Å². The maximum absolute atomic E-state index is 5.15. The van der Waals surface area contributed by atoms with Crippen LogP contribution in [0.1, 0.15) is 6.92 Å². The van der Waals surface area contributed by atoms with Crippen LogP contribution >= 0.6 is 0 Å². The van der Waals surface area contributed by atoms with Gasteiger partial charge in [-0.25, -0.2) is 0 Å². The highest BCUT2D eigenvalue weighted by molar-refractivity contribution is 4.75. The second-order valence-electron chi connectivity index (χ2n) is 3.91. The highest BCUT2D eigenvalue weighted by Crippen LogP contribution is 2.17. The summed E-state index contributed by atoms with van der Waals surface area (Å²) >= 11 is 0. The summed E-state index contributed by atoms with van der Waals surface area (Å²) in [4.78, 5) is 2.15. The van der Waals surface area contributed by atoms with Crippen LogP contribution in [0.3, 0.4) is 0 Å². The summed E-state index contributed by atoms with van der Waals surface area (Å²) in [6, 6.07) is 0. The van der Waals surface area contributed by atoms with Crippen molar-refractivity contribution in [2.75, 3.05) is 48.1 Å². The first kappa shape index (κ1) is 11.9. The Balaban J connectivity index is 3.98. The van der Waals surface area contributed by atoms with Crippen molar-refractivity contribution in [2.45, 2.75) is 6.92 Å². The average Bonchev–Trinajstić information content (AvgIpc) is 1.85. The van der Waals surface area contributed by atoms with Gasteiger partial charge in [-0.3, -0.25) is 0 Å². The van der Waals surface area contributed by atoms with Crippen LogP contribution in [0.2, 0.25) is 0 Å². The van der Waals surface area contributed by atoms with Gasteiger partial charge in [-0.2, -0.15) is 0 Å². The van der Waals surface area contributed by atoms with E-state index in [1.807, 2.05) is 0 Å². The van der Waals surface area contributed by atoms with Gasteiger partial charge in [-0.05, 0) is 14.1 Å². The standard InChI is InChI=1S/C9H21NO2/c1-9(7-11-4,8-12-5)6-10(2)3/h6-8H2,1-5H3. The summed E-state index contributed by atoms with van der Waals surface area (Å²) in [5, 5.41) is 0. The van der Waals surface area contributed by atoms with Crippen molar-refractivity contribution in [3.63, 3.8) is 0 Å². The number of rotatable bonds is 6. The fraction of sp³-hybridized carbons (Fsp3) is 1.00. The Morgan fingerprint density at radius 1 is 1.08 bits per heavy atom. The van der Waals surface area contributed by atoms with Crippen molar-refractivity contribution < 1.29 is 9.47 Å².